The van der Waals surface area contributed by atoms with Crippen molar-refractivity contribution in [1.29, 1.82) is 0 Å². The van der Waals surface area contributed by atoms with Crippen molar-refractivity contribution < 1.29 is 23.4 Å². The Balaban J connectivity index is 2.31. The molecule has 0 amide bonds. The van der Waals surface area contributed by atoms with Gasteiger partial charge in [0.1, 0.15) is 17.3 Å². The van der Waals surface area contributed by atoms with E-state index in [1.54, 1.807) is 18.3 Å². The number of benzene rings is 1. The molecule has 1 aromatic heterocycles. The summed E-state index contributed by atoms with van der Waals surface area (Å²) in [6, 6.07) is 5.83. The molecular weight excluding hydrogens is 342 g/mol. The average molecular weight is 364 g/mol. The highest BCUT2D eigenvalue weighted by molar-refractivity contribution is 5.71. The van der Waals surface area contributed by atoms with Crippen molar-refractivity contribution in [2.45, 2.75) is 32.8 Å². The van der Waals surface area contributed by atoms with Crippen molar-refractivity contribution in [3.05, 3.63) is 42.1 Å². The molecule has 2 rings (SSSR count). The van der Waals surface area contributed by atoms with Crippen molar-refractivity contribution in [2.24, 2.45) is 0 Å². The SMILES string of the molecule is CC(C)Oc1ncccc1-c1cc(F)c(N(C)CCCC(=O)O)c(F)c1. The number of anilines is 1. The minimum Gasteiger partial charge on any atom is -0.481 e. The Morgan fingerprint density at radius 1 is 1.31 bits per heavy atom. The van der Waals surface area contributed by atoms with Crippen molar-refractivity contribution >= 4 is 11.7 Å². The highest BCUT2D eigenvalue weighted by atomic mass is 19.1. The normalized spacial score (nSPS) is 10.8. The molecule has 0 unspecified atom stereocenters. The fraction of sp³-hybridized carbons (Fsp3) is 0.368. The molecule has 26 heavy (non-hydrogen) atoms. The number of ether oxygens (including phenoxy) is 1. The fourth-order valence-electron chi connectivity index (χ4n) is 2.59. The van der Waals surface area contributed by atoms with Gasteiger partial charge in [0.2, 0.25) is 5.88 Å². The zero-order valence-electron chi connectivity index (χ0n) is 15.0. The second-order valence-corrected chi connectivity index (χ2v) is 6.23. The van der Waals surface area contributed by atoms with Crippen LogP contribution in [-0.2, 0) is 4.79 Å². The maximum absolute atomic E-state index is 14.6. The van der Waals surface area contributed by atoms with Gasteiger partial charge in [-0.3, -0.25) is 4.79 Å². The highest BCUT2D eigenvalue weighted by Crippen LogP contribution is 2.33. The maximum atomic E-state index is 14.6. The van der Waals surface area contributed by atoms with Gasteiger partial charge in [0.25, 0.3) is 0 Å². The monoisotopic (exact) mass is 364 g/mol. The Morgan fingerprint density at radius 2 is 1.96 bits per heavy atom. The van der Waals surface area contributed by atoms with Crippen LogP contribution in [0.5, 0.6) is 5.88 Å². The number of pyridine rings is 1. The lowest BCUT2D eigenvalue weighted by atomic mass is 10.1. The minimum absolute atomic E-state index is 0.0583. The lowest BCUT2D eigenvalue weighted by molar-refractivity contribution is -0.137. The van der Waals surface area contributed by atoms with Gasteiger partial charge in [0, 0.05) is 31.8 Å². The lowest BCUT2D eigenvalue weighted by Gasteiger charge is -2.21. The van der Waals surface area contributed by atoms with Gasteiger partial charge in [-0.15, -0.1) is 0 Å². The largest absolute Gasteiger partial charge is 0.481 e. The number of halogens is 2. The minimum atomic E-state index is -0.941. The second-order valence-electron chi connectivity index (χ2n) is 6.23. The standard InChI is InChI=1S/C19H22F2N2O3/c1-12(2)26-19-14(6-4-8-22-19)13-10-15(20)18(16(21)11-13)23(3)9-5-7-17(24)25/h4,6,8,10-12H,5,7,9H2,1-3H3,(H,24,25). The molecule has 0 saturated heterocycles. The average Bonchev–Trinajstić information content (AvgIpc) is 2.53. The topological polar surface area (TPSA) is 62.7 Å². The molecule has 7 heteroatoms. The molecule has 1 aromatic carbocycles. The molecule has 0 aliphatic carbocycles. The number of carboxylic acid groups (broad SMARTS) is 1. The molecule has 0 fully saturated rings. The maximum Gasteiger partial charge on any atom is 0.303 e. The molecule has 140 valence electrons. The molecule has 0 aliphatic rings. The highest BCUT2D eigenvalue weighted by Gasteiger charge is 2.18. The van der Waals surface area contributed by atoms with Crippen LogP contribution in [0.25, 0.3) is 11.1 Å². The van der Waals surface area contributed by atoms with Crippen LogP contribution < -0.4 is 9.64 Å². The zero-order chi connectivity index (χ0) is 19.3. The molecule has 1 N–H and O–H groups in total. The van der Waals surface area contributed by atoms with Crippen molar-refractivity contribution in [2.75, 3.05) is 18.5 Å². The molecule has 0 saturated carbocycles. The predicted molar refractivity (Wildman–Crippen MR) is 95.5 cm³/mol. The summed E-state index contributed by atoms with van der Waals surface area (Å²) in [6.07, 6.45) is 1.66. The summed E-state index contributed by atoms with van der Waals surface area (Å²) in [5.41, 5.74) is 0.639. The number of aliphatic carboxylic acids is 1. The van der Waals surface area contributed by atoms with Gasteiger partial charge in [0.05, 0.1) is 6.10 Å². The summed E-state index contributed by atoms with van der Waals surface area (Å²) in [6.45, 7) is 3.91. The van der Waals surface area contributed by atoms with Crippen LogP contribution in [0.3, 0.4) is 0 Å². The fourth-order valence-corrected chi connectivity index (χ4v) is 2.59. The number of rotatable bonds is 8. The molecule has 1 heterocycles. The van der Waals surface area contributed by atoms with Crippen LogP contribution in [0.2, 0.25) is 0 Å². The first-order valence-corrected chi connectivity index (χ1v) is 8.33. The van der Waals surface area contributed by atoms with E-state index in [-0.39, 0.29) is 24.8 Å². The summed E-state index contributed by atoms with van der Waals surface area (Å²) >= 11 is 0. The Labute approximate surface area is 151 Å². The zero-order valence-corrected chi connectivity index (χ0v) is 15.0. The Kier molecular flexibility index (Phi) is 6.49. The van der Waals surface area contributed by atoms with Crippen LogP contribution in [0.15, 0.2) is 30.5 Å². The smallest absolute Gasteiger partial charge is 0.303 e. The van der Waals surface area contributed by atoms with Gasteiger partial charge < -0.3 is 14.7 Å². The predicted octanol–water partition coefficient (Wildman–Crippen LogP) is 4.12. The third kappa shape index (κ3) is 4.91. The molecular formula is C19H22F2N2O3. The van der Waals surface area contributed by atoms with Crippen LogP contribution in [0.1, 0.15) is 26.7 Å². The van der Waals surface area contributed by atoms with Crippen LogP contribution >= 0.6 is 0 Å². The van der Waals surface area contributed by atoms with Gasteiger partial charge in [-0.05, 0) is 50.1 Å². The number of carboxylic acids is 1. The number of hydrogen-bond donors (Lipinski definition) is 1. The molecule has 2 aromatic rings. The first-order valence-electron chi connectivity index (χ1n) is 8.33. The van der Waals surface area contributed by atoms with E-state index in [1.165, 1.54) is 24.1 Å². The quantitative estimate of drug-likeness (QED) is 0.764. The number of nitrogens with zero attached hydrogens (tertiary/aromatic N) is 2. The summed E-state index contributed by atoms with van der Waals surface area (Å²) in [5.74, 6) is -2.08. The van der Waals surface area contributed by atoms with E-state index in [0.29, 0.717) is 23.4 Å². The second kappa shape index (κ2) is 8.60. The molecule has 0 radical (unpaired) electrons. The van der Waals surface area contributed by atoms with E-state index < -0.39 is 17.6 Å². The first-order chi connectivity index (χ1) is 12.3. The first kappa shape index (κ1) is 19.6. The van der Waals surface area contributed by atoms with E-state index in [9.17, 15) is 13.6 Å². The van der Waals surface area contributed by atoms with Gasteiger partial charge in [-0.1, -0.05) is 0 Å². The van der Waals surface area contributed by atoms with Gasteiger partial charge in [0.15, 0.2) is 0 Å². The summed E-state index contributed by atoms with van der Waals surface area (Å²) in [7, 11) is 1.53. The number of aromatic nitrogens is 1. The van der Waals surface area contributed by atoms with Crippen LogP contribution in [-0.4, -0.2) is 35.8 Å². The van der Waals surface area contributed by atoms with Gasteiger partial charge in [-0.25, -0.2) is 13.8 Å². The third-order valence-electron chi connectivity index (χ3n) is 3.71. The van der Waals surface area contributed by atoms with Gasteiger partial charge >= 0.3 is 5.97 Å². The molecule has 0 atom stereocenters. The van der Waals surface area contributed by atoms with Crippen molar-refractivity contribution in [3.63, 3.8) is 0 Å². The summed E-state index contributed by atoms with van der Waals surface area (Å²) in [4.78, 5) is 16.1. The summed E-state index contributed by atoms with van der Waals surface area (Å²) < 4.78 is 34.7. The van der Waals surface area contributed by atoms with Crippen LogP contribution in [0, 0.1) is 11.6 Å². The Morgan fingerprint density at radius 3 is 2.54 bits per heavy atom. The summed E-state index contributed by atoms with van der Waals surface area (Å²) in [5, 5.41) is 8.67. The lowest BCUT2D eigenvalue weighted by Crippen LogP contribution is -2.22. The van der Waals surface area contributed by atoms with E-state index in [0.717, 1.165) is 0 Å². The number of hydrogen-bond acceptors (Lipinski definition) is 4. The van der Waals surface area contributed by atoms with Crippen LogP contribution in [0.4, 0.5) is 14.5 Å². The number of carbonyl (C=O) groups is 1. The molecule has 5 nitrogen and oxygen atoms in total. The Bertz CT molecular complexity index is 758. The van der Waals surface area contributed by atoms with Crippen molar-refractivity contribution in [1.82, 2.24) is 4.98 Å². The third-order valence-corrected chi connectivity index (χ3v) is 3.71. The Hall–Kier alpha value is -2.70. The van der Waals surface area contributed by atoms with E-state index >= 15 is 0 Å². The molecule has 0 bridgehead atoms. The van der Waals surface area contributed by atoms with E-state index in [4.69, 9.17) is 9.84 Å². The van der Waals surface area contributed by atoms with Crippen molar-refractivity contribution in [3.8, 4) is 17.0 Å². The van der Waals surface area contributed by atoms with Gasteiger partial charge in [-0.2, -0.15) is 0 Å². The molecule has 0 aliphatic heterocycles. The molecule has 0 spiro atoms. The van der Waals surface area contributed by atoms with E-state index in [1.807, 2.05) is 13.8 Å². The van der Waals surface area contributed by atoms with E-state index in [2.05, 4.69) is 4.98 Å².